The number of aliphatic hydroxyl groups is 1. The number of hydrogen-bond acceptors (Lipinski definition) is 4. The number of anilines is 1. The fraction of sp³-hybridized carbons (Fsp3) is 0.308. The fourth-order valence-electron chi connectivity index (χ4n) is 4.55. The smallest absolute Gasteiger partial charge is 0.497 e. The van der Waals surface area contributed by atoms with Crippen molar-refractivity contribution in [2.75, 3.05) is 18.6 Å². The Morgan fingerprint density at radius 1 is 1.03 bits per heavy atom. The van der Waals surface area contributed by atoms with Crippen LogP contribution in [-0.4, -0.2) is 31.2 Å². The van der Waals surface area contributed by atoms with Crippen LogP contribution in [0.5, 0.6) is 11.5 Å². The number of benzene rings is 3. The summed E-state index contributed by atoms with van der Waals surface area (Å²) in [6.45, 7) is 2.06. The number of hydrogen-bond donors (Lipinski definition) is 1. The minimum Gasteiger partial charge on any atom is -0.497 e. The molecular weight excluding hydrogens is 431 g/mol. The summed E-state index contributed by atoms with van der Waals surface area (Å²) >= 11 is 0. The Balaban J connectivity index is 1.74. The lowest BCUT2D eigenvalue weighted by Crippen LogP contribution is -2.38. The number of nitrogens with zero attached hydrogens (tertiary/aromatic N) is 1. The van der Waals surface area contributed by atoms with E-state index in [9.17, 15) is 18.3 Å². The van der Waals surface area contributed by atoms with E-state index in [0.717, 1.165) is 40.1 Å². The Kier molecular flexibility index (Phi) is 6.51. The molecule has 33 heavy (non-hydrogen) atoms. The molecule has 7 heteroatoms. The molecule has 4 nitrogen and oxygen atoms in total. The predicted octanol–water partition coefficient (Wildman–Crippen LogP) is 6.14. The summed E-state index contributed by atoms with van der Waals surface area (Å²) < 4.78 is 47.8. The number of alkyl halides is 3. The van der Waals surface area contributed by atoms with E-state index in [1.807, 2.05) is 36.4 Å². The average Bonchev–Trinajstić information content (AvgIpc) is 2.77. The summed E-state index contributed by atoms with van der Waals surface area (Å²) in [4.78, 5) is 2.08. The minimum atomic E-state index is -4.75. The van der Waals surface area contributed by atoms with Crippen molar-refractivity contribution >= 4 is 5.69 Å². The predicted molar refractivity (Wildman–Crippen MR) is 122 cm³/mol. The maximum Gasteiger partial charge on any atom is 0.573 e. The number of fused-ring (bicyclic) bond motifs is 1. The van der Waals surface area contributed by atoms with Crippen molar-refractivity contribution in [2.45, 2.75) is 38.3 Å². The Labute approximate surface area is 191 Å². The van der Waals surface area contributed by atoms with E-state index in [1.54, 1.807) is 26.2 Å². The largest absolute Gasteiger partial charge is 0.573 e. The van der Waals surface area contributed by atoms with Crippen LogP contribution in [0, 0.1) is 0 Å². The summed E-state index contributed by atoms with van der Waals surface area (Å²) in [6, 6.07) is 19.8. The Hall–Kier alpha value is -3.19. The summed E-state index contributed by atoms with van der Waals surface area (Å²) in [7, 11) is 1.63. The van der Waals surface area contributed by atoms with Gasteiger partial charge in [0.15, 0.2) is 0 Å². The third-order valence-corrected chi connectivity index (χ3v) is 5.82. The topological polar surface area (TPSA) is 41.9 Å². The standard InChI is InChI=1S/C26H26F3NO3/c1-17(31)16-30-24(19-7-4-9-21(15-19)33-26(27,28)29)13-12-23-22(10-5-11-25(23)30)18-6-3-8-20(14-18)32-2/h3-11,14-15,17,24,31H,12-13,16H2,1-2H3/t17-,24-/m1/s1. The molecule has 1 N–H and O–H groups in total. The van der Waals surface area contributed by atoms with Crippen LogP contribution in [0.3, 0.4) is 0 Å². The van der Waals surface area contributed by atoms with E-state index in [4.69, 9.17) is 4.74 Å². The third kappa shape index (κ3) is 5.25. The highest BCUT2D eigenvalue weighted by molar-refractivity contribution is 5.76. The van der Waals surface area contributed by atoms with Crippen molar-refractivity contribution in [3.8, 4) is 22.6 Å². The molecule has 0 radical (unpaired) electrons. The highest BCUT2D eigenvalue weighted by Crippen LogP contribution is 2.43. The highest BCUT2D eigenvalue weighted by atomic mass is 19.4. The monoisotopic (exact) mass is 457 g/mol. The van der Waals surface area contributed by atoms with Gasteiger partial charge in [-0.05, 0) is 72.4 Å². The van der Waals surface area contributed by atoms with Crippen molar-refractivity contribution in [2.24, 2.45) is 0 Å². The molecule has 0 spiro atoms. The molecule has 0 bridgehead atoms. The molecule has 0 saturated carbocycles. The van der Waals surface area contributed by atoms with E-state index in [1.165, 1.54) is 12.1 Å². The summed E-state index contributed by atoms with van der Waals surface area (Å²) in [6.07, 6.45) is -3.93. The summed E-state index contributed by atoms with van der Waals surface area (Å²) in [5.74, 6) is 0.522. The molecule has 4 rings (SSSR count). The SMILES string of the molecule is COc1cccc(-c2cccc3c2CC[C@H](c2cccc(OC(F)(F)F)c2)N3C[C@@H](C)O)c1. The molecule has 174 valence electrons. The van der Waals surface area contributed by atoms with Crippen LogP contribution in [0.15, 0.2) is 66.7 Å². The first-order chi connectivity index (χ1) is 15.7. The van der Waals surface area contributed by atoms with Gasteiger partial charge in [0.05, 0.1) is 19.3 Å². The van der Waals surface area contributed by atoms with Crippen molar-refractivity contribution in [3.63, 3.8) is 0 Å². The number of halogens is 3. The maximum atomic E-state index is 12.7. The van der Waals surface area contributed by atoms with Crippen LogP contribution in [0.25, 0.3) is 11.1 Å². The van der Waals surface area contributed by atoms with E-state index >= 15 is 0 Å². The van der Waals surface area contributed by atoms with Crippen molar-refractivity contribution in [1.82, 2.24) is 0 Å². The zero-order chi connectivity index (χ0) is 23.6. The molecule has 0 fully saturated rings. The van der Waals surface area contributed by atoms with Crippen LogP contribution >= 0.6 is 0 Å². The normalized spacial score (nSPS) is 16.8. The molecule has 1 aliphatic heterocycles. The Bertz CT molecular complexity index is 1110. The molecule has 0 unspecified atom stereocenters. The van der Waals surface area contributed by atoms with E-state index in [0.29, 0.717) is 13.0 Å². The van der Waals surface area contributed by atoms with Gasteiger partial charge < -0.3 is 19.5 Å². The van der Waals surface area contributed by atoms with Gasteiger partial charge in [-0.1, -0.05) is 36.4 Å². The van der Waals surface area contributed by atoms with Gasteiger partial charge in [-0.15, -0.1) is 13.2 Å². The van der Waals surface area contributed by atoms with Crippen LogP contribution in [0.4, 0.5) is 18.9 Å². The second-order valence-electron chi connectivity index (χ2n) is 8.21. The van der Waals surface area contributed by atoms with Crippen molar-refractivity contribution in [1.29, 1.82) is 0 Å². The van der Waals surface area contributed by atoms with Gasteiger partial charge in [-0.2, -0.15) is 0 Å². The second-order valence-corrected chi connectivity index (χ2v) is 8.21. The van der Waals surface area contributed by atoms with Gasteiger partial charge in [0.2, 0.25) is 0 Å². The van der Waals surface area contributed by atoms with Crippen molar-refractivity contribution in [3.05, 3.63) is 77.9 Å². The molecule has 0 aromatic heterocycles. The molecule has 1 aliphatic rings. The van der Waals surface area contributed by atoms with Crippen LogP contribution in [0.2, 0.25) is 0 Å². The van der Waals surface area contributed by atoms with Gasteiger partial charge in [-0.3, -0.25) is 0 Å². The summed E-state index contributed by atoms with van der Waals surface area (Å²) in [5, 5.41) is 10.2. The summed E-state index contributed by atoms with van der Waals surface area (Å²) in [5.41, 5.74) is 4.94. The first-order valence-electron chi connectivity index (χ1n) is 10.8. The van der Waals surface area contributed by atoms with Crippen LogP contribution in [0.1, 0.15) is 30.5 Å². The number of β-amino-alcohol motifs (C(OH)–C–C–N with tert-alkyl or cyclic N) is 1. The van der Waals surface area contributed by atoms with Crippen LogP contribution < -0.4 is 14.4 Å². The molecular formula is C26H26F3NO3. The quantitative estimate of drug-likeness (QED) is 0.483. The van der Waals surface area contributed by atoms with Gasteiger partial charge in [0.1, 0.15) is 11.5 Å². The fourth-order valence-corrected chi connectivity index (χ4v) is 4.55. The number of methoxy groups -OCH3 is 1. The van der Waals surface area contributed by atoms with Gasteiger partial charge in [0.25, 0.3) is 0 Å². The molecule has 1 heterocycles. The lowest BCUT2D eigenvalue weighted by Gasteiger charge is -2.41. The van der Waals surface area contributed by atoms with E-state index < -0.39 is 12.5 Å². The van der Waals surface area contributed by atoms with Crippen molar-refractivity contribution < 1.29 is 27.8 Å². The maximum absolute atomic E-state index is 12.7. The van der Waals surface area contributed by atoms with E-state index in [2.05, 4.69) is 15.7 Å². The van der Waals surface area contributed by atoms with Gasteiger partial charge in [-0.25, -0.2) is 0 Å². The van der Waals surface area contributed by atoms with Gasteiger partial charge in [0, 0.05) is 12.2 Å². The molecule has 0 saturated heterocycles. The Morgan fingerprint density at radius 2 is 1.76 bits per heavy atom. The molecule has 0 aliphatic carbocycles. The number of rotatable bonds is 6. The molecule has 0 amide bonds. The first-order valence-corrected chi connectivity index (χ1v) is 10.8. The lowest BCUT2D eigenvalue weighted by atomic mass is 9.86. The molecule has 3 aromatic rings. The third-order valence-electron chi connectivity index (χ3n) is 5.82. The minimum absolute atomic E-state index is 0.190. The van der Waals surface area contributed by atoms with Crippen LogP contribution in [-0.2, 0) is 6.42 Å². The average molecular weight is 457 g/mol. The lowest BCUT2D eigenvalue weighted by molar-refractivity contribution is -0.274. The molecule has 2 atom stereocenters. The molecule has 3 aromatic carbocycles. The van der Waals surface area contributed by atoms with Gasteiger partial charge >= 0.3 is 6.36 Å². The second kappa shape index (κ2) is 9.35. The Morgan fingerprint density at radius 3 is 2.48 bits per heavy atom. The number of ether oxygens (including phenoxy) is 2. The highest BCUT2D eigenvalue weighted by Gasteiger charge is 2.33. The first kappa shape index (κ1) is 23.0. The zero-order valence-corrected chi connectivity index (χ0v) is 18.5. The number of aliphatic hydroxyl groups excluding tert-OH is 1. The van der Waals surface area contributed by atoms with E-state index in [-0.39, 0.29) is 11.8 Å². The zero-order valence-electron chi connectivity index (χ0n) is 18.5.